The van der Waals surface area contributed by atoms with Gasteiger partial charge in [-0.25, -0.2) is 0 Å². The highest BCUT2D eigenvalue weighted by atomic mass is 35.5. The van der Waals surface area contributed by atoms with Crippen molar-refractivity contribution in [2.24, 2.45) is 11.8 Å². The first-order valence-corrected chi connectivity index (χ1v) is 6.69. The molecular weight excluding hydrogens is 248 g/mol. The summed E-state index contributed by atoms with van der Waals surface area (Å²) < 4.78 is 0. The summed E-state index contributed by atoms with van der Waals surface area (Å²) >= 11 is 5.87. The van der Waals surface area contributed by atoms with Crippen LogP contribution in [0.15, 0.2) is 18.2 Å². The van der Waals surface area contributed by atoms with Crippen molar-refractivity contribution in [2.75, 3.05) is 18.8 Å². The quantitative estimate of drug-likeness (QED) is 0.794. The maximum Gasteiger partial charge on any atom is 0.253 e. The minimum absolute atomic E-state index is 0.0526. The van der Waals surface area contributed by atoms with Crippen molar-refractivity contribution in [3.05, 3.63) is 28.8 Å². The number of likely N-dealkylation sites (tertiary alicyclic amines) is 1. The van der Waals surface area contributed by atoms with Gasteiger partial charge in [0, 0.05) is 18.7 Å². The zero-order valence-corrected chi connectivity index (χ0v) is 11.6. The smallest absolute Gasteiger partial charge is 0.253 e. The van der Waals surface area contributed by atoms with Gasteiger partial charge in [-0.05, 0) is 36.5 Å². The number of halogens is 1. The Morgan fingerprint density at radius 2 is 1.94 bits per heavy atom. The van der Waals surface area contributed by atoms with Gasteiger partial charge in [-0.2, -0.15) is 0 Å². The van der Waals surface area contributed by atoms with E-state index in [9.17, 15) is 4.79 Å². The van der Waals surface area contributed by atoms with Crippen LogP contribution in [0.25, 0.3) is 0 Å². The minimum atomic E-state index is 0.0526. The molecular formula is C14H19ClN2O. The number of amides is 1. The third kappa shape index (κ3) is 2.78. The van der Waals surface area contributed by atoms with E-state index in [1.807, 2.05) is 4.90 Å². The van der Waals surface area contributed by atoms with Crippen LogP contribution in [0.5, 0.6) is 0 Å². The number of anilines is 1. The van der Waals surface area contributed by atoms with Crippen LogP contribution in [0.1, 0.15) is 30.6 Å². The van der Waals surface area contributed by atoms with Crippen LogP contribution < -0.4 is 5.73 Å². The van der Waals surface area contributed by atoms with Gasteiger partial charge in [0.1, 0.15) is 0 Å². The van der Waals surface area contributed by atoms with Crippen LogP contribution in [0.2, 0.25) is 5.02 Å². The Labute approximate surface area is 113 Å². The zero-order valence-electron chi connectivity index (χ0n) is 10.8. The van der Waals surface area contributed by atoms with Gasteiger partial charge in [-0.1, -0.05) is 25.4 Å². The maximum absolute atomic E-state index is 12.4. The van der Waals surface area contributed by atoms with Crippen molar-refractivity contribution in [3.8, 4) is 0 Å². The number of rotatable bonds is 1. The van der Waals surface area contributed by atoms with E-state index >= 15 is 0 Å². The largest absolute Gasteiger partial charge is 0.398 e. The molecule has 98 valence electrons. The topological polar surface area (TPSA) is 46.3 Å². The molecule has 0 spiro atoms. The molecule has 0 saturated carbocycles. The molecule has 18 heavy (non-hydrogen) atoms. The van der Waals surface area contributed by atoms with Crippen LogP contribution in [0, 0.1) is 11.8 Å². The molecule has 1 aromatic rings. The highest BCUT2D eigenvalue weighted by Crippen LogP contribution is 2.24. The van der Waals surface area contributed by atoms with Crippen molar-refractivity contribution in [2.45, 2.75) is 20.3 Å². The molecule has 2 unspecified atom stereocenters. The van der Waals surface area contributed by atoms with Gasteiger partial charge in [0.05, 0.1) is 10.7 Å². The average Bonchev–Trinajstić information content (AvgIpc) is 2.30. The van der Waals surface area contributed by atoms with E-state index in [1.165, 1.54) is 6.42 Å². The predicted molar refractivity (Wildman–Crippen MR) is 74.7 cm³/mol. The van der Waals surface area contributed by atoms with E-state index in [0.29, 0.717) is 28.1 Å². The Morgan fingerprint density at radius 1 is 1.33 bits per heavy atom. The molecule has 0 aromatic heterocycles. The fourth-order valence-electron chi connectivity index (χ4n) is 2.69. The van der Waals surface area contributed by atoms with E-state index in [4.69, 9.17) is 17.3 Å². The third-order valence-corrected chi connectivity index (χ3v) is 3.74. The van der Waals surface area contributed by atoms with Gasteiger partial charge in [0.25, 0.3) is 5.91 Å². The first kappa shape index (κ1) is 13.2. The van der Waals surface area contributed by atoms with Crippen LogP contribution in [-0.2, 0) is 0 Å². The number of nitrogens with zero attached hydrogens (tertiary/aromatic N) is 1. The molecule has 2 N–H and O–H groups in total. The second kappa shape index (κ2) is 5.19. The summed E-state index contributed by atoms with van der Waals surface area (Å²) in [6.45, 7) is 6.02. The Bertz CT molecular complexity index is 451. The van der Waals surface area contributed by atoms with Gasteiger partial charge in [0.2, 0.25) is 0 Å². The minimum Gasteiger partial charge on any atom is -0.398 e. The Balaban J connectivity index is 2.17. The number of carbonyl (C=O) groups excluding carboxylic acids is 1. The monoisotopic (exact) mass is 266 g/mol. The molecule has 0 aliphatic carbocycles. The molecule has 1 aromatic carbocycles. The summed E-state index contributed by atoms with van der Waals surface area (Å²) in [7, 11) is 0. The Kier molecular flexibility index (Phi) is 3.81. The first-order valence-electron chi connectivity index (χ1n) is 6.31. The van der Waals surface area contributed by atoms with Crippen LogP contribution in [0.4, 0.5) is 5.69 Å². The summed E-state index contributed by atoms with van der Waals surface area (Å²) in [4.78, 5) is 14.3. The van der Waals surface area contributed by atoms with Gasteiger partial charge in [-0.15, -0.1) is 0 Å². The number of piperidine rings is 1. The van der Waals surface area contributed by atoms with Crippen molar-refractivity contribution in [1.29, 1.82) is 0 Å². The molecule has 1 saturated heterocycles. The molecule has 1 fully saturated rings. The van der Waals surface area contributed by atoms with Crippen LogP contribution >= 0.6 is 11.6 Å². The fraction of sp³-hybridized carbons (Fsp3) is 0.500. The average molecular weight is 267 g/mol. The molecule has 2 rings (SSSR count). The number of nitrogen functional groups attached to an aromatic ring is 1. The highest BCUT2D eigenvalue weighted by molar-refractivity contribution is 6.33. The number of hydrogen-bond acceptors (Lipinski definition) is 2. The molecule has 1 heterocycles. The first-order chi connectivity index (χ1) is 8.47. The van der Waals surface area contributed by atoms with Crippen molar-refractivity contribution in [1.82, 2.24) is 4.90 Å². The van der Waals surface area contributed by atoms with E-state index in [2.05, 4.69) is 13.8 Å². The molecule has 4 heteroatoms. The lowest BCUT2D eigenvalue weighted by Gasteiger charge is -2.35. The van der Waals surface area contributed by atoms with E-state index < -0.39 is 0 Å². The van der Waals surface area contributed by atoms with Gasteiger partial charge >= 0.3 is 0 Å². The molecule has 0 radical (unpaired) electrons. The second-order valence-electron chi connectivity index (χ2n) is 5.39. The van der Waals surface area contributed by atoms with Gasteiger partial charge in [0.15, 0.2) is 0 Å². The Hall–Kier alpha value is -1.22. The van der Waals surface area contributed by atoms with Crippen LogP contribution in [0.3, 0.4) is 0 Å². The lowest BCUT2D eigenvalue weighted by atomic mass is 9.91. The van der Waals surface area contributed by atoms with Crippen molar-refractivity contribution >= 4 is 23.2 Å². The molecule has 3 nitrogen and oxygen atoms in total. The normalized spacial score (nSPS) is 24.1. The zero-order chi connectivity index (χ0) is 13.3. The lowest BCUT2D eigenvalue weighted by molar-refractivity contribution is 0.0623. The third-order valence-electron chi connectivity index (χ3n) is 3.40. The standard InChI is InChI=1S/C14H19ClN2O/c1-9-5-10(2)8-17(7-9)14(18)11-3-4-12(15)13(16)6-11/h3-4,6,9-10H,5,7-8,16H2,1-2H3. The predicted octanol–water partition coefficient (Wildman–Crippen LogP) is 3.04. The van der Waals surface area contributed by atoms with E-state index in [1.54, 1.807) is 18.2 Å². The van der Waals surface area contributed by atoms with E-state index in [-0.39, 0.29) is 5.91 Å². The maximum atomic E-state index is 12.4. The molecule has 1 amide bonds. The van der Waals surface area contributed by atoms with E-state index in [0.717, 1.165) is 13.1 Å². The lowest BCUT2D eigenvalue weighted by Crippen LogP contribution is -2.42. The molecule has 1 aliphatic rings. The summed E-state index contributed by atoms with van der Waals surface area (Å²) in [5.41, 5.74) is 6.82. The fourth-order valence-corrected chi connectivity index (χ4v) is 2.81. The second-order valence-corrected chi connectivity index (χ2v) is 5.80. The highest BCUT2D eigenvalue weighted by Gasteiger charge is 2.26. The number of hydrogen-bond donors (Lipinski definition) is 1. The summed E-state index contributed by atoms with van der Waals surface area (Å²) in [5.74, 6) is 1.17. The van der Waals surface area contributed by atoms with Gasteiger partial charge in [-0.3, -0.25) is 4.79 Å². The Morgan fingerprint density at radius 3 is 2.50 bits per heavy atom. The number of carbonyl (C=O) groups is 1. The SMILES string of the molecule is CC1CC(C)CN(C(=O)c2ccc(Cl)c(N)c2)C1. The van der Waals surface area contributed by atoms with Crippen molar-refractivity contribution < 1.29 is 4.79 Å². The number of nitrogens with two attached hydrogens (primary N) is 1. The molecule has 2 atom stereocenters. The summed E-state index contributed by atoms with van der Waals surface area (Å²) in [6.07, 6.45) is 1.19. The summed E-state index contributed by atoms with van der Waals surface area (Å²) in [5, 5.41) is 0.493. The summed E-state index contributed by atoms with van der Waals surface area (Å²) in [6, 6.07) is 5.08. The van der Waals surface area contributed by atoms with Gasteiger partial charge < -0.3 is 10.6 Å². The van der Waals surface area contributed by atoms with Crippen LogP contribution in [-0.4, -0.2) is 23.9 Å². The number of benzene rings is 1. The molecule has 0 bridgehead atoms. The van der Waals surface area contributed by atoms with Crippen molar-refractivity contribution in [3.63, 3.8) is 0 Å². The molecule has 1 aliphatic heterocycles.